The quantitative estimate of drug-likeness (QED) is 0.645. The van der Waals surface area contributed by atoms with Crippen LogP contribution in [0.1, 0.15) is 5.56 Å². The third-order valence-corrected chi connectivity index (χ3v) is 6.44. The average molecular weight is 413 g/mol. The summed E-state index contributed by atoms with van der Waals surface area (Å²) in [7, 11) is 0. The summed E-state index contributed by atoms with van der Waals surface area (Å²) in [5.41, 5.74) is 3.47. The van der Waals surface area contributed by atoms with E-state index in [4.69, 9.17) is 0 Å². The van der Waals surface area contributed by atoms with Crippen LogP contribution in [0, 0.1) is 0 Å². The third-order valence-electron chi connectivity index (χ3n) is 6.44. The predicted octanol–water partition coefficient (Wildman–Crippen LogP) is 3.32. The van der Waals surface area contributed by atoms with Crippen molar-refractivity contribution in [2.24, 2.45) is 0 Å². The Morgan fingerprint density at radius 2 is 1.48 bits per heavy atom. The molecule has 2 saturated heterocycles. The molecule has 0 saturated carbocycles. The van der Waals surface area contributed by atoms with E-state index in [1.54, 1.807) is 0 Å². The van der Waals surface area contributed by atoms with Crippen molar-refractivity contribution in [1.82, 2.24) is 14.8 Å². The van der Waals surface area contributed by atoms with Crippen LogP contribution in [0.4, 0.5) is 5.82 Å². The fourth-order valence-corrected chi connectivity index (χ4v) is 4.48. The van der Waals surface area contributed by atoms with Gasteiger partial charge in [-0.15, -0.1) is 0 Å². The molecule has 0 radical (unpaired) electrons. The second-order valence-electron chi connectivity index (χ2n) is 8.40. The predicted molar refractivity (Wildman–Crippen MR) is 124 cm³/mol. The first-order chi connectivity index (χ1) is 15.3. The van der Waals surface area contributed by atoms with Crippen molar-refractivity contribution in [3.8, 4) is 11.1 Å². The van der Waals surface area contributed by atoms with Gasteiger partial charge in [0, 0.05) is 51.5 Å². The monoisotopic (exact) mass is 412 g/mol. The lowest BCUT2D eigenvalue weighted by molar-refractivity contribution is -0.138. The highest BCUT2D eigenvalue weighted by molar-refractivity contribution is 5.80. The number of rotatable bonds is 5. The van der Waals surface area contributed by atoms with Crippen LogP contribution in [0.3, 0.4) is 0 Å². The van der Waals surface area contributed by atoms with E-state index in [0.29, 0.717) is 12.5 Å². The molecule has 0 unspecified atom stereocenters. The summed E-state index contributed by atoms with van der Waals surface area (Å²) in [6.45, 7) is 5.76. The Bertz CT molecular complexity index is 993. The van der Waals surface area contributed by atoms with E-state index in [0.717, 1.165) is 50.6 Å². The van der Waals surface area contributed by atoms with Crippen molar-refractivity contribution in [1.29, 1.82) is 0 Å². The number of amides is 1. The largest absolute Gasteiger partial charge is 0.354 e. The smallest absolute Gasteiger partial charge is 0.227 e. The van der Waals surface area contributed by atoms with E-state index >= 15 is 0 Å². The fraction of sp³-hybridized carbons (Fsp3) is 0.308. The van der Waals surface area contributed by atoms with Gasteiger partial charge >= 0.3 is 0 Å². The van der Waals surface area contributed by atoms with Gasteiger partial charge in [0.1, 0.15) is 5.82 Å². The lowest BCUT2D eigenvalue weighted by Gasteiger charge is -2.48. The van der Waals surface area contributed by atoms with E-state index < -0.39 is 0 Å². The van der Waals surface area contributed by atoms with Crippen molar-refractivity contribution in [3.63, 3.8) is 0 Å². The molecule has 0 N–H and O–H groups in total. The van der Waals surface area contributed by atoms with E-state index in [1.165, 1.54) is 11.1 Å². The summed E-state index contributed by atoms with van der Waals surface area (Å²) in [6, 6.07) is 25.3. The van der Waals surface area contributed by atoms with Gasteiger partial charge in [-0.05, 0) is 28.8 Å². The number of hydrogen-bond donors (Lipinski definition) is 0. The third kappa shape index (κ3) is 4.47. The number of likely N-dealkylation sites (tertiary alicyclic amines) is 1. The summed E-state index contributed by atoms with van der Waals surface area (Å²) < 4.78 is 0. The molecule has 0 bridgehead atoms. The molecule has 5 heteroatoms. The van der Waals surface area contributed by atoms with Crippen LogP contribution in [0.25, 0.3) is 11.1 Å². The van der Waals surface area contributed by atoms with Gasteiger partial charge in [0.15, 0.2) is 0 Å². The topological polar surface area (TPSA) is 39.7 Å². The van der Waals surface area contributed by atoms with Crippen molar-refractivity contribution in [2.45, 2.75) is 12.5 Å². The molecule has 2 aliphatic heterocycles. The van der Waals surface area contributed by atoms with Gasteiger partial charge < -0.3 is 9.80 Å². The van der Waals surface area contributed by atoms with E-state index in [2.05, 4.69) is 57.2 Å². The minimum Gasteiger partial charge on any atom is -0.354 e. The van der Waals surface area contributed by atoms with Crippen LogP contribution < -0.4 is 4.90 Å². The number of benzene rings is 2. The van der Waals surface area contributed by atoms with Crippen LogP contribution in [0.5, 0.6) is 0 Å². The highest BCUT2D eigenvalue weighted by Gasteiger charge is 2.35. The fourth-order valence-electron chi connectivity index (χ4n) is 4.48. The first-order valence-corrected chi connectivity index (χ1v) is 11.1. The van der Waals surface area contributed by atoms with E-state index in [9.17, 15) is 4.79 Å². The number of carbonyl (C=O) groups excluding carboxylic acids is 1. The molecule has 2 aromatic carbocycles. The van der Waals surface area contributed by atoms with Crippen LogP contribution in [0.2, 0.25) is 0 Å². The number of nitrogens with zero attached hydrogens (tertiary/aromatic N) is 4. The lowest BCUT2D eigenvalue weighted by Crippen LogP contribution is -2.64. The van der Waals surface area contributed by atoms with Crippen LogP contribution in [-0.4, -0.2) is 66.0 Å². The molecular weight excluding hydrogens is 384 g/mol. The minimum absolute atomic E-state index is 0.232. The Labute approximate surface area is 183 Å². The number of carbonyl (C=O) groups is 1. The van der Waals surface area contributed by atoms with Crippen LogP contribution >= 0.6 is 0 Å². The molecule has 31 heavy (non-hydrogen) atoms. The molecule has 3 aromatic rings. The van der Waals surface area contributed by atoms with Crippen LogP contribution in [-0.2, 0) is 11.2 Å². The maximum atomic E-state index is 12.7. The van der Waals surface area contributed by atoms with Gasteiger partial charge in [-0.2, -0.15) is 0 Å². The number of pyridine rings is 1. The molecule has 2 aliphatic rings. The molecule has 0 spiro atoms. The summed E-state index contributed by atoms with van der Waals surface area (Å²) in [5, 5.41) is 0. The van der Waals surface area contributed by atoms with Crippen molar-refractivity contribution in [2.75, 3.05) is 44.2 Å². The van der Waals surface area contributed by atoms with Crippen LogP contribution in [0.15, 0.2) is 79.0 Å². The summed E-state index contributed by atoms with van der Waals surface area (Å²) in [4.78, 5) is 24.0. The van der Waals surface area contributed by atoms with Crippen molar-refractivity contribution in [3.05, 3.63) is 84.6 Å². The van der Waals surface area contributed by atoms with E-state index in [-0.39, 0.29) is 5.91 Å². The van der Waals surface area contributed by atoms with Crippen molar-refractivity contribution >= 4 is 11.7 Å². The standard InChI is InChI=1S/C26H28N4O/c31-26(18-21-9-11-23(12-10-21)22-6-2-1-3-7-22)30-19-24(20-30)28-14-16-29(17-15-28)25-8-4-5-13-27-25/h1-13,24H,14-20H2. The maximum Gasteiger partial charge on any atom is 0.227 e. The molecule has 158 valence electrons. The summed E-state index contributed by atoms with van der Waals surface area (Å²) >= 11 is 0. The first-order valence-electron chi connectivity index (χ1n) is 11.1. The molecule has 0 atom stereocenters. The highest BCUT2D eigenvalue weighted by Crippen LogP contribution is 2.22. The minimum atomic E-state index is 0.232. The Hall–Kier alpha value is -3.18. The molecule has 2 fully saturated rings. The molecule has 1 aromatic heterocycles. The first kappa shape index (κ1) is 19.8. The number of hydrogen-bond acceptors (Lipinski definition) is 4. The Morgan fingerprint density at radius 3 is 2.16 bits per heavy atom. The van der Waals surface area contributed by atoms with Gasteiger partial charge in [0.05, 0.1) is 6.42 Å². The van der Waals surface area contributed by atoms with Gasteiger partial charge in [-0.25, -0.2) is 4.98 Å². The Balaban J connectivity index is 1.08. The zero-order valence-corrected chi connectivity index (χ0v) is 17.7. The van der Waals surface area contributed by atoms with Gasteiger partial charge in [0.2, 0.25) is 5.91 Å². The highest BCUT2D eigenvalue weighted by atomic mass is 16.2. The van der Waals surface area contributed by atoms with Gasteiger partial charge in [-0.1, -0.05) is 60.7 Å². The Kier molecular flexibility index (Phi) is 5.67. The number of anilines is 1. The molecule has 1 amide bonds. The average Bonchev–Trinajstić information content (AvgIpc) is 2.80. The number of aromatic nitrogens is 1. The second-order valence-corrected chi connectivity index (χ2v) is 8.40. The molecule has 0 aliphatic carbocycles. The van der Waals surface area contributed by atoms with E-state index in [1.807, 2.05) is 41.4 Å². The van der Waals surface area contributed by atoms with Gasteiger partial charge in [0.25, 0.3) is 0 Å². The number of piperazine rings is 1. The SMILES string of the molecule is O=C(Cc1ccc(-c2ccccc2)cc1)N1CC(N2CCN(c3ccccn3)CC2)C1. The molecule has 5 nitrogen and oxygen atoms in total. The van der Waals surface area contributed by atoms with Gasteiger partial charge in [-0.3, -0.25) is 9.69 Å². The summed E-state index contributed by atoms with van der Waals surface area (Å²) in [5.74, 6) is 1.29. The molecule has 3 heterocycles. The normalized spacial score (nSPS) is 17.4. The Morgan fingerprint density at radius 1 is 0.806 bits per heavy atom. The zero-order valence-electron chi connectivity index (χ0n) is 17.7. The zero-order chi connectivity index (χ0) is 21.0. The second kappa shape index (κ2) is 8.90. The van der Waals surface area contributed by atoms with Crippen molar-refractivity contribution < 1.29 is 4.79 Å². The molecular formula is C26H28N4O. The maximum absolute atomic E-state index is 12.7. The molecule has 5 rings (SSSR count). The lowest BCUT2D eigenvalue weighted by atomic mass is 10.0. The summed E-state index contributed by atoms with van der Waals surface area (Å²) in [6.07, 6.45) is 2.33.